The Bertz CT molecular complexity index is 1110. The molecule has 176 valence electrons. The maximum absolute atomic E-state index is 12.8. The van der Waals surface area contributed by atoms with Gasteiger partial charge >= 0.3 is 12.1 Å². The quantitative estimate of drug-likeness (QED) is 0.308. The van der Waals surface area contributed by atoms with Crippen LogP contribution in [0.2, 0.25) is 0 Å². The number of aliphatic carboxylic acids is 1. The van der Waals surface area contributed by atoms with Crippen molar-refractivity contribution < 1.29 is 27.8 Å². The molecule has 1 atom stereocenters. The number of carboxylic acids is 1. The molecule has 3 nitrogen and oxygen atoms in total. The minimum absolute atomic E-state index is 0.380. The van der Waals surface area contributed by atoms with Gasteiger partial charge in [-0.25, -0.2) is 4.79 Å². The second-order valence-electron chi connectivity index (χ2n) is 7.56. The van der Waals surface area contributed by atoms with Crippen molar-refractivity contribution in [2.24, 2.45) is 0 Å². The fraction of sp³-hybridized carbons (Fsp3) is 0.320. The lowest BCUT2D eigenvalue weighted by molar-refractivity contribution is -0.145. The second kappa shape index (κ2) is 10.7. The molecule has 3 rings (SSSR count). The van der Waals surface area contributed by atoms with Gasteiger partial charge in [-0.2, -0.15) is 13.2 Å². The molecule has 0 aliphatic carbocycles. The van der Waals surface area contributed by atoms with Crippen LogP contribution in [-0.2, 0) is 23.1 Å². The van der Waals surface area contributed by atoms with Crippen LogP contribution in [0.3, 0.4) is 0 Å². The molecule has 0 saturated heterocycles. The lowest BCUT2D eigenvalue weighted by Crippen LogP contribution is -2.26. The van der Waals surface area contributed by atoms with Crippen LogP contribution in [-0.4, -0.2) is 17.2 Å². The number of alkyl halides is 3. The molecule has 0 aliphatic rings. The van der Waals surface area contributed by atoms with Crippen molar-refractivity contribution in [2.75, 3.05) is 0 Å². The number of ether oxygens (including phenoxy) is 1. The smallest absolute Gasteiger partial charge is 0.416 e. The van der Waals surface area contributed by atoms with E-state index in [9.17, 15) is 23.1 Å². The second-order valence-corrected chi connectivity index (χ2v) is 9.74. The van der Waals surface area contributed by atoms with Gasteiger partial charge < -0.3 is 9.84 Å². The van der Waals surface area contributed by atoms with Crippen LogP contribution in [0.4, 0.5) is 13.2 Å². The number of hydrogen-bond donors (Lipinski definition) is 1. The van der Waals surface area contributed by atoms with E-state index in [4.69, 9.17) is 4.74 Å². The van der Waals surface area contributed by atoms with Gasteiger partial charge in [-0.3, -0.25) is 0 Å². The number of carbonyl (C=O) groups is 1. The normalized spacial score (nSPS) is 12.5. The van der Waals surface area contributed by atoms with Crippen LogP contribution in [0.1, 0.15) is 41.8 Å². The summed E-state index contributed by atoms with van der Waals surface area (Å²) in [7, 11) is 0. The van der Waals surface area contributed by atoms with Crippen LogP contribution in [0.5, 0.6) is 5.75 Å². The molecule has 1 heterocycles. The lowest BCUT2D eigenvalue weighted by Gasteiger charge is -2.15. The third-order valence-corrected chi connectivity index (χ3v) is 7.64. The predicted molar refractivity (Wildman–Crippen MR) is 127 cm³/mol. The molecule has 3 aromatic rings. The fourth-order valence-electron chi connectivity index (χ4n) is 3.31. The first kappa shape index (κ1) is 25.2. The molecular formula is C25H25F3O3S2. The third kappa shape index (κ3) is 6.32. The molecule has 2 aromatic carbocycles. The van der Waals surface area contributed by atoms with Crippen LogP contribution in [0.15, 0.2) is 53.4 Å². The van der Waals surface area contributed by atoms with Crippen molar-refractivity contribution in [1.82, 2.24) is 0 Å². The van der Waals surface area contributed by atoms with Crippen LogP contribution in [0.25, 0.3) is 10.4 Å². The molecule has 8 heteroatoms. The highest BCUT2D eigenvalue weighted by Crippen LogP contribution is 2.38. The number of thiophene rings is 1. The average molecular weight is 495 g/mol. The topological polar surface area (TPSA) is 46.5 Å². The van der Waals surface area contributed by atoms with E-state index in [-0.39, 0.29) is 0 Å². The third-order valence-electron chi connectivity index (χ3n) is 5.21. The molecule has 1 N–H and O–H groups in total. The van der Waals surface area contributed by atoms with Crippen molar-refractivity contribution in [1.29, 1.82) is 0 Å². The van der Waals surface area contributed by atoms with Crippen molar-refractivity contribution in [2.45, 2.75) is 56.5 Å². The van der Waals surface area contributed by atoms with Gasteiger partial charge in [0.25, 0.3) is 0 Å². The number of rotatable bonds is 9. The molecule has 33 heavy (non-hydrogen) atoms. The first-order chi connectivity index (χ1) is 15.6. The van der Waals surface area contributed by atoms with E-state index >= 15 is 0 Å². The van der Waals surface area contributed by atoms with Gasteiger partial charge in [-0.1, -0.05) is 26.0 Å². The van der Waals surface area contributed by atoms with Crippen molar-refractivity contribution >= 4 is 29.1 Å². The van der Waals surface area contributed by atoms with Gasteiger partial charge in [-0.05, 0) is 72.9 Å². The van der Waals surface area contributed by atoms with Gasteiger partial charge in [0, 0.05) is 20.4 Å². The summed E-state index contributed by atoms with van der Waals surface area (Å²) in [6, 6.07) is 13.0. The molecule has 0 radical (unpaired) electrons. The first-order valence-corrected chi connectivity index (χ1v) is 12.3. The number of hydrogen-bond acceptors (Lipinski definition) is 4. The summed E-state index contributed by atoms with van der Waals surface area (Å²) in [5, 5.41) is 9.20. The zero-order valence-electron chi connectivity index (χ0n) is 18.5. The Morgan fingerprint density at radius 2 is 1.82 bits per heavy atom. The molecule has 0 amide bonds. The highest BCUT2D eigenvalue weighted by Gasteiger charge is 2.30. The predicted octanol–water partition coefficient (Wildman–Crippen LogP) is 7.84. The number of benzene rings is 2. The first-order valence-electron chi connectivity index (χ1n) is 10.5. The molecule has 0 saturated carbocycles. The van der Waals surface area contributed by atoms with E-state index in [1.807, 2.05) is 19.1 Å². The van der Waals surface area contributed by atoms with Gasteiger partial charge in [0.1, 0.15) is 5.75 Å². The summed E-state index contributed by atoms with van der Waals surface area (Å²) in [5.74, 6) is 0.313. The zero-order chi connectivity index (χ0) is 24.2. The summed E-state index contributed by atoms with van der Waals surface area (Å²) in [4.78, 5) is 14.4. The minimum atomic E-state index is -4.34. The van der Waals surface area contributed by atoms with E-state index in [1.54, 1.807) is 36.1 Å². The van der Waals surface area contributed by atoms with Crippen LogP contribution in [0, 0.1) is 6.92 Å². The zero-order valence-corrected chi connectivity index (χ0v) is 20.2. The van der Waals surface area contributed by atoms with E-state index in [2.05, 4.69) is 13.0 Å². The Balaban J connectivity index is 1.72. The maximum atomic E-state index is 12.8. The summed E-state index contributed by atoms with van der Waals surface area (Å²) in [5.41, 5.74) is 2.18. The molecule has 0 fully saturated rings. The van der Waals surface area contributed by atoms with Crippen molar-refractivity contribution in [3.05, 3.63) is 70.1 Å². The van der Waals surface area contributed by atoms with Crippen molar-refractivity contribution in [3.8, 4) is 16.2 Å². The Morgan fingerprint density at radius 3 is 2.36 bits per heavy atom. The van der Waals surface area contributed by atoms with E-state index < -0.39 is 23.8 Å². The van der Waals surface area contributed by atoms with Gasteiger partial charge in [0.15, 0.2) is 6.10 Å². The van der Waals surface area contributed by atoms with Crippen LogP contribution < -0.4 is 4.74 Å². The number of thioether (sulfide) groups is 1. The molecule has 1 unspecified atom stereocenters. The maximum Gasteiger partial charge on any atom is 0.416 e. The van der Waals surface area contributed by atoms with E-state index in [0.29, 0.717) is 12.2 Å². The summed E-state index contributed by atoms with van der Waals surface area (Å²) >= 11 is 3.26. The summed E-state index contributed by atoms with van der Waals surface area (Å²) in [6.07, 6.45) is -3.99. The number of carboxylic acid groups (broad SMARTS) is 1. The summed E-state index contributed by atoms with van der Waals surface area (Å²) in [6.45, 7) is 5.72. The fourth-order valence-corrected chi connectivity index (χ4v) is 5.68. The molecule has 0 aliphatic heterocycles. The SMILES string of the molecule is CCc1cc(-c2ccc(C(F)(F)F)cc2)sc1CSc1ccc(OC(CC)C(=O)O)c(C)c1. The standard InChI is InChI=1S/C25H25F3O3S2/c1-4-16-13-22(17-6-8-18(9-7-17)25(26,27)28)33-23(16)14-32-19-10-11-21(15(3)12-19)31-20(5-2)24(29)30/h6-13,20H,4-5,14H2,1-3H3,(H,29,30). The molecular weight excluding hydrogens is 469 g/mol. The minimum Gasteiger partial charge on any atom is -0.479 e. The number of aryl methyl sites for hydroxylation is 2. The average Bonchev–Trinajstić information content (AvgIpc) is 3.19. The Kier molecular flexibility index (Phi) is 8.13. The molecule has 0 spiro atoms. The Hall–Kier alpha value is -2.45. The highest BCUT2D eigenvalue weighted by atomic mass is 32.2. The lowest BCUT2D eigenvalue weighted by atomic mass is 10.1. The molecule has 0 bridgehead atoms. The Morgan fingerprint density at radius 1 is 1.12 bits per heavy atom. The van der Waals surface area contributed by atoms with E-state index in [0.717, 1.165) is 45.2 Å². The Labute approximate surface area is 199 Å². The van der Waals surface area contributed by atoms with E-state index in [1.165, 1.54) is 22.6 Å². The van der Waals surface area contributed by atoms with Gasteiger partial charge in [-0.15, -0.1) is 23.1 Å². The summed E-state index contributed by atoms with van der Waals surface area (Å²) < 4.78 is 44.1. The monoisotopic (exact) mass is 494 g/mol. The molecule has 1 aromatic heterocycles. The largest absolute Gasteiger partial charge is 0.479 e. The van der Waals surface area contributed by atoms with Gasteiger partial charge in [0.2, 0.25) is 0 Å². The highest BCUT2D eigenvalue weighted by molar-refractivity contribution is 7.98. The van der Waals surface area contributed by atoms with Crippen molar-refractivity contribution in [3.63, 3.8) is 0 Å². The van der Waals surface area contributed by atoms with Gasteiger partial charge in [0.05, 0.1) is 5.56 Å². The number of halogens is 3. The van der Waals surface area contributed by atoms with Crippen LogP contribution >= 0.6 is 23.1 Å².